The third-order valence-electron chi connectivity index (χ3n) is 2.53. The Bertz CT molecular complexity index is 258. The highest BCUT2D eigenvalue weighted by molar-refractivity contribution is 8.23. The Morgan fingerprint density at radius 2 is 2.38 bits per heavy atom. The molecule has 92 valence electrons. The van der Waals surface area contributed by atoms with Crippen molar-refractivity contribution in [1.29, 1.82) is 0 Å². The van der Waals surface area contributed by atoms with Gasteiger partial charge in [0.05, 0.1) is 19.1 Å². The first-order chi connectivity index (χ1) is 7.69. The summed E-state index contributed by atoms with van der Waals surface area (Å²) in [6.07, 6.45) is 2.74. The first-order valence-corrected chi connectivity index (χ1v) is 7.17. The summed E-state index contributed by atoms with van der Waals surface area (Å²) in [5.74, 6) is 0.806. The zero-order valence-corrected chi connectivity index (χ0v) is 11.5. The monoisotopic (exact) mass is 261 g/mol. The topological polar surface area (TPSA) is 29.5 Å². The van der Waals surface area contributed by atoms with Crippen LogP contribution in [0.15, 0.2) is 0 Å². The number of carbonyl (C=O) groups excluding carboxylic acids is 1. The van der Waals surface area contributed by atoms with Gasteiger partial charge in [0.15, 0.2) is 0 Å². The molecule has 1 fully saturated rings. The van der Waals surface area contributed by atoms with E-state index in [1.54, 1.807) is 11.8 Å². The largest absolute Gasteiger partial charge is 0.466 e. The number of ether oxygens (including phenoxy) is 1. The molecule has 0 saturated carbocycles. The summed E-state index contributed by atoms with van der Waals surface area (Å²) in [6.45, 7) is 5.41. The second kappa shape index (κ2) is 7.12. The van der Waals surface area contributed by atoms with Crippen molar-refractivity contribution in [2.75, 3.05) is 18.9 Å². The highest BCUT2D eigenvalue weighted by Gasteiger charge is 2.30. The number of hydrogen-bond donors (Lipinski definition) is 0. The Morgan fingerprint density at radius 1 is 1.62 bits per heavy atom. The normalized spacial score (nSPS) is 20.2. The van der Waals surface area contributed by atoms with Gasteiger partial charge in [-0.15, -0.1) is 0 Å². The van der Waals surface area contributed by atoms with Crippen LogP contribution < -0.4 is 0 Å². The summed E-state index contributed by atoms with van der Waals surface area (Å²) < 4.78 is 5.91. The molecule has 1 aliphatic heterocycles. The Kier molecular flexibility index (Phi) is 6.13. The first kappa shape index (κ1) is 13.8. The van der Waals surface area contributed by atoms with Gasteiger partial charge in [0.25, 0.3) is 0 Å². The number of unbranched alkanes of at least 4 members (excludes halogenated alkanes) is 1. The molecule has 1 aliphatic rings. The summed E-state index contributed by atoms with van der Waals surface area (Å²) in [7, 11) is 0. The standard InChI is InChI=1S/C11H19NO2S2/c1-3-5-6-12-9(8-16-11(12)15)7-10(13)14-4-2/h9H,3-8H2,1-2H3. The molecule has 0 aliphatic carbocycles. The molecule has 1 unspecified atom stereocenters. The van der Waals surface area contributed by atoms with Crippen LogP contribution in [-0.2, 0) is 9.53 Å². The Hall–Kier alpha value is -0.290. The van der Waals surface area contributed by atoms with Crippen LogP contribution in [0.4, 0.5) is 0 Å². The van der Waals surface area contributed by atoms with E-state index in [1.165, 1.54) is 0 Å². The fraction of sp³-hybridized carbons (Fsp3) is 0.818. The van der Waals surface area contributed by atoms with E-state index in [-0.39, 0.29) is 12.0 Å². The second-order valence-corrected chi connectivity index (χ2v) is 5.44. The van der Waals surface area contributed by atoms with E-state index in [0.717, 1.165) is 29.5 Å². The van der Waals surface area contributed by atoms with Gasteiger partial charge >= 0.3 is 5.97 Å². The predicted molar refractivity (Wildman–Crippen MR) is 71.7 cm³/mol. The van der Waals surface area contributed by atoms with Crippen molar-refractivity contribution in [2.24, 2.45) is 0 Å². The van der Waals surface area contributed by atoms with E-state index in [1.807, 2.05) is 6.92 Å². The SMILES string of the molecule is CCCCN1C(=S)SCC1CC(=O)OCC. The molecule has 0 spiro atoms. The van der Waals surface area contributed by atoms with Gasteiger partial charge in [0.1, 0.15) is 4.32 Å². The smallest absolute Gasteiger partial charge is 0.307 e. The number of rotatable bonds is 6. The predicted octanol–water partition coefficient (Wildman–Crippen LogP) is 2.44. The van der Waals surface area contributed by atoms with Crippen molar-refractivity contribution in [3.8, 4) is 0 Å². The maximum Gasteiger partial charge on any atom is 0.307 e. The van der Waals surface area contributed by atoms with Crippen LogP contribution in [0.1, 0.15) is 33.1 Å². The average Bonchev–Trinajstić information content (AvgIpc) is 2.57. The molecule has 0 aromatic rings. The van der Waals surface area contributed by atoms with E-state index < -0.39 is 0 Å². The van der Waals surface area contributed by atoms with Crippen LogP contribution in [0.25, 0.3) is 0 Å². The number of hydrogen-bond acceptors (Lipinski definition) is 4. The minimum atomic E-state index is -0.112. The van der Waals surface area contributed by atoms with Crippen molar-refractivity contribution in [3.05, 3.63) is 0 Å². The van der Waals surface area contributed by atoms with Gasteiger partial charge in [-0.25, -0.2) is 0 Å². The quantitative estimate of drug-likeness (QED) is 0.541. The molecule has 1 heterocycles. The van der Waals surface area contributed by atoms with E-state index in [4.69, 9.17) is 17.0 Å². The molecule has 0 bridgehead atoms. The maximum absolute atomic E-state index is 11.4. The molecule has 0 radical (unpaired) electrons. The number of esters is 1. The van der Waals surface area contributed by atoms with Gasteiger partial charge in [-0.3, -0.25) is 4.79 Å². The molecule has 1 atom stereocenters. The van der Waals surface area contributed by atoms with Gasteiger partial charge in [0, 0.05) is 12.3 Å². The fourth-order valence-corrected chi connectivity index (χ4v) is 3.16. The Labute approximate surface area is 107 Å². The summed E-state index contributed by atoms with van der Waals surface area (Å²) in [4.78, 5) is 13.6. The van der Waals surface area contributed by atoms with Gasteiger partial charge in [0.2, 0.25) is 0 Å². The van der Waals surface area contributed by atoms with Gasteiger partial charge in [-0.1, -0.05) is 37.3 Å². The van der Waals surface area contributed by atoms with Gasteiger partial charge in [-0.05, 0) is 13.3 Å². The van der Waals surface area contributed by atoms with E-state index in [2.05, 4.69) is 11.8 Å². The zero-order chi connectivity index (χ0) is 12.0. The Morgan fingerprint density at radius 3 is 3.00 bits per heavy atom. The lowest BCUT2D eigenvalue weighted by Gasteiger charge is -2.24. The molecule has 16 heavy (non-hydrogen) atoms. The number of carbonyl (C=O) groups is 1. The number of nitrogens with zero attached hydrogens (tertiary/aromatic N) is 1. The molecule has 0 N–H and O–H groups in total. The fourth-order valence-electron chi connectivity index (χ4n) is 1.67. The third kappa shape index (κ3) is 3.94. The minimum Gasteiger partial charge on any atom is -0.466 e. The number of thioether (sulfide) groups is 1. The maximum atomic E-state index is 11.4. The van der Waals surface area contributed by atoms with Crippen molar-refractivity contribution >= 4 is 34.3 Å². The lowest BCUT2D eigenvalue weighted by molar-refractivity contribution is -0.143. The molecular weight excluding hydrogens is 242 g/mol. The lowest BCUT2D eigenvalue weighted by atomic mass is 10.2. The molecule has 0 aromatic carbocycles. The average molecular weight is 261 g/mol. The van der Waals surface area contributed by atoms with E-state index in [9.17, 15) is 4.79 Å². The third-order valence-corrected chi connectivity index (χ3v) is 4.16. The summed E-state index contributed by atoms with van der Waals surface area (Å²) >= 11 is 6.96. The van der Waals surface area contributed by atoms with E-state index in [0.29, 0.717) is 13.0 Å². The second-order valence-electron chi connectivity index (χ2n) is 3.79. The van der Waals surface area contributed by atoms with Crippen LogP contribution in [0.5, 0.6) is 0 Å². The van der Waals surface area contributed by atoms with Crippen LogP contribution in [0, 0.1) is 0 Å². The Balaban J connectivity index is 2.44. The van der Waals surface area contributed by atoms with Gasteiger partial charge < -0.3 is 9.64 Å². The molecule has 3 nitrogen and oxygen atoms in total. The summed E-state index contributed by atoms with van der Waals surface area (Å²) in [6, 6.07) is 0.239. The summed E-state index contributed by atoms with van der Waals surface area (Å²) in [5, 5.41) is 0. The molecular formula is C11H19NO2S2. The van der Waals surface area contributed by atoms with Crippen LogP contribution in [0.3, 0.4) is 0 Å². The summed E-state index contributed by atoms with van der Waals surface area (Å²) in [5.41, 5.74) is 0. The van der Waals surface area contributed by atoms with Gasteiger partial charge in [-0.2, -0.15) is 0 Å². The van der Waals surface area contributed by atoms with Crippen LogP contribution >= 0.6 is 24.0 Å². The van der Waals surface area contributed by atoms with Crippen molar-refractivity contribution < 1.29 is 9.53 Å². The van der Waals surface area contributed by atoms with Crippen LogP contribution in [0.2, 0.25) is 0 Å². The van der Waals surface area contributed by atoms with Crippen molar-refractivity contribution in [1.82, 2.24) is 4.90 Å². The highest BCUT2D eigenvalue weighted by Crippen LogP contribution is 2.26. The lowest BCUT2D eigenvalue weighted by Crippen LogP contribution is -2.36. The number of thiocarbonyl (C=S) groups is 1. The molecule has 1 saturated heterocycles. The van der Waals surface area contributed by atoms with Crippen molar-refractivity contribution in [3.63, 3.8) is 0 Å². The molecule has 5 heteroatoms. The molecule has 0 amide bonds. The van der Waals surface area contributed by atoms with E-state index >= 15 is 0 Å². The zero-order valence-electron chi connectivity index (χ0n) is 9.90. The highest BCUT2D eigenvalue weighted by atomic mass is 32.2. The molecule has 0 aromatic heterocycles. The van der Waals surface area contributed by atoms with Crippen LogP contribution in [-0.4, -0.2) is 40.1 Å². The molecule has 1 rings (SSSR count). The minimum absolute atomic E-state index is 0.112. The first-order valence-electron chi connectivity index (χ1n) is 5.78. The van der Waals surface area contributed by atoms with Crippen molar-refractivity contribution in [2.45, 2.75) is 39.2 Å².